The van der Waals surface area contributed by atoms with Gasteiger partial charge in [0.05, 0.1) is 25.5 Å². The number of aliphatic carboxylic acids is 1. The number of carboxylic acid groups (broad SMARTS) is 1. The number of benzene rings is 1. The summed E-state index contributed by atoms with van der Waals surface area (Å²) < 4.78 is 10.6. The highest BCUT2D eigenvalue weighted by Gasteiger charge is 2.30. The van der Waals surface area contributed by atoms with Crippen molar-refractivity contribution in [2.24, 2.45) is 0 Å². The normalized spacial score (nSPS) is 16.9. The third-order valence-corrected chi connectivity index (χ3v) is 3.72. The third-order valence-electron chi connectivity index (χ3n) is 3.72. The zero-order valence-corrected chi connectivity index (χ0v) is 12.3. The van der Waals surface area contributed by atoms with Gasteiger partial charge in [-0.15, -0.1) is 0 Å². The van der Waals surface area contributed by atoms with Crippen LogP contribution in [0.4, 0.5) is 0 Å². The number of fused-ring (bicyclic) bond motifs is 1. The number of aromatic amines is 1. The Hall–Kier alpha value is -2.54. The molecule has 1 unspecified atom stereocenters. The smallest absolute Gasteiger partial charge is 0.327 e. The summed E-state index contributed by atoms with van der Waals surface area (Å²) in [5, 5.41) is 12.2. The molecule has 0 fully saturated rings. The Bertz CT molecular complexity index is 711. The summed E-state index contributed by atoms with van der Waals surface area (Å²) in [5.74, 6) is 0.965. The first-order valence-corrected chi connectivity index (χ1v) is 6.91. The minimum Gasteiger partial charge on any atom is -0.497 e. The van der Waals surface area contributed by atoms with Crippen molar-refractivity contribution in [3.8, 4) is 22.9 Å². The highest BCUT2D eigenvalue weighted by Crippen LogP contribution is 2.33. The number of H-pyrrole nitrogens is 1. The Labute approximate surface area is 127 Å². The molecule has 0 saturated heterocycles. The summed E-state index contributed by atoms with van der Waals surface area (Å²) in [4.78, 5) is 19.0. The Morgan fingerprint density at radius 1 is 1.36 bits per heavy atom. The molecule has 2 aromatic rings. The molecule has 22 heavy (non-hydrogen) atoms. The van der Waals surface area contributed by atoms with Crippen LogP contribution >= 0.6 is 0 Å². The maximum atomic E-state index is 11.3. The van der Waals surface area contributed by atoms with Crippen LogP contribution in [0.15, 0.2) is 18.2 Å². The molecule has 0 bridgehead atoms. The Morgan fingerprint density at radius 3 is 2.86 bits per heavy atom. The lowest BCUT2D eigenvalue weighted by molar-refractivity contribution is -0.139. The molecule has 1 aromatic carbocycles. The first-order chi connectivity index (χ1) is 10.6. The average molecular weight is 303 g/mol. The number of methoxy groups -OCH3 is 2. The molecule has 1 atom stereocenters. The summed E-state index contributed by atoms with van der Waals surface area (Å²) in [7, 11) is 3.16. The fraction of sp³-hybridized carbons (Fsp3) is 0.333. The molecule has 0 radical (unpaired) electrons. The number of rotatable bonds is 4. The van der Waals surface area contributed by atoms with E-state index in [1.807, 2.05) is 12.1 Å². The second kappa shape index (κ2) is 5.69. The van der Waals surface area contributed by atoms with Crippen LogP contribution in [-0.4, -0.2) is 41.8 Å². The van der Waals surface area contributed by atoms with Gasteiger partial charge in [-0.25, -0.2) is 4.98 Å². The third kappa shape index (κ3) is 2.39. The highest BCUT2D eigenvalue weighted by atomic mass is 16.5. The summed E-state index contributed by atoms with van der Waals surface area (Å²) in [5.41, 5.74) is 2.15. The fourth-order valence-electron chi connectivity index (χ4n) is 2.62. The summed E-state index contributed by atoms with van der Waals surface area (Å²) in [6.07, 6.45) is 0.713. The Kier molecular flexibility index (Phi) is 3.72. The topological polar surface area (TPSA) is 96.5 Å². The molecule has 0 amide bonds. The van der Waals surface area contributed by atoms with Gasteiger partial charge in [0.25, 0.3) is 0 Å². The van der Waals surface area contributed by atoms with E-state index in [-0.39, 0.29) is 0 Å². The molecule has 116 valence electrons. The molecule has 1 aliphatic rings. The second-order valence-corrected chi connectivity index (χ2v) is 4.99. The van der Waals surface area contributed by atoms with Crippen molar-refractivity contribution >= 4 is 5.97 Å². The number of nitrogens with zero attached hydrogens (tertiary/aromatic N) is 1. The van der Waals surface area contributed by atoms with Crippen LogP contribution in [0.2, 0.25) is 0 Å². The molecule has 0 aliphatic carbocycles. The van der Waals surface area contributed by atoms with Crippen LogP contribution in [-0.2, 0) is 11.2 Å². The second-order valence-electron chi connectivity index (χ2n) is 4.99. The number of imidazole rings is 1. The highest BCUT2D eigenvalue weighted by molar-refractivity contribution is 5.76. The van der Waals surface area contributed by atoms with Crippen LogP contribution in [0.3, 0.4) is 0 Å². The molecule has 0 spiro atoms. The van der Waals surface area contributed by atoms with Crippen LogP contribution in [0.5, 0.6) is 11.5 Å². The summed E-state index contributed by atoms with van der Waals surface area (Å²) >= 11 is 0. The van der Waals surface area contributed by atoms with Crippen LogP contribution < -0.4 is 14.8 Å². The molecule has 1 aromatic heterocycles. The average Bonchev–Trinajstić information content (AvgIpc) is 2.97. The lowest BCUT2D eigenvalue weighted by Gasteiger charge is -2.18. The standard InChI is InChI=1S/C15H17N3O4/c1-21-8-3-4-9(11(7-8)22-2)14-17-10-5-6-16-13(15(19)20)12(10)18-14/h3-4,7,13,16H,5-6H2,1-2H3,(H,17,18)(H,19,20). The molecule has 7 heteroatoms. The molecular weight excluding hydrogens is 286 g/mol. The van der Waals surface area contributed by atoms with Gasteiger partial charge < -0.3 is 19.6 Å². The predicted octanol–water partition coefficient (Wildman–Crippen LogP) is 1.37. The molecular formula is C15H17N3O4. The van der Waals surface area contributed by atoms with E-state index in [2.05, 4.69) is 15.3 Å². The van der Waals surface area contributed by atoms with E-state index < -0.39 is 12.0 Å². The quantitative estimate of drug-likeness (QED) is 0.789. The van der Waals surface area contributed by atoms with E-state index in [0.717, 1.165) is 11.3 Å². The summed E-state index contributed by atoms with van der Waals surface area (Å²) in [6.45, 7) is 0.603. The maximum absolute atomic E-state index is 11.3. The molecule has 3 N–H and O–H groups in total. The SMILES string of the molecule is COc1ccc(-c2nc3c([nH]2)CCNC3C(=O)O)c(OC)c1. The lowest BCUT2D eigenvalue weighted by Crippen LogP contribution is -2.35. The van der Waals surface area contributed by atoms with Crippen molar-refractivity contribution in [3.63, 3.8) is 0 Å². The largest absolute Gasteiger partial charge is 0.497 e. The lowest BCUT2D eigenvalue weighted by atomic mass is 10.1. The predicted molar refractivity (Wildman–Crippen MR) is 79.2 cm³/mol. The van der Waals surface area contributed by atoms with E-state index in [4.69, 9.17) is 9.47 Å². The van der Waals surface area contributed by atoms with E-state index in [1.165, 1.54) is 0 Å². The van der Waals surface area contributed by atoms with Crippen molar-refractivity contribution < 1.29 is 19.4 Å². The number of hydrogen-bond donors (Lipinski definition) is 3. The van der Waals surface area contributed by atoms with E-state index in [1.54, 1.807) is 20.3 Å². The monoisotopic (exact) mass is 303 g/mol. The van der Waals surface area contributed by atoms with Crippen LogP contribution in [0.25, 0.3) is 11.4 Å². The van der Waals surface area contributed by atoms with Crippen molar-refractivity contribution in [1.29, 1.82) is 0 Å². The minimum atomic E-state index is -0.930. The van der Waals surface area contributed by atoms with Gasteiger partial charge in [-0.3, -0.25) is 10.1 Å². The van der Waals surface area contributed by atoms with Crippen LogP contribution in [0, 0.1) is 0 Å². The number of nitrogens with one attached hydrogen (secondary N) is 2. The number of carbonyl (C=O) groups is 1. The number of aromatic nitrogens is 2. The van der Waals surface area contributed by atoms with Crippen molar-refractivity contribution in [1.82, 2.24) is 15.3 Å². The molecule has 7 nitrogen and oxygen atoms in total. The van der Waals surface area contributed by atoms with Crippen molar-refractivity contribution in [3.05, 3.63) is 29.6 Å². The van der Waals surface area contributed by atoms with Crippen LogP contribution in [0.1, 0.15) is 17.4 Å². The maximum Gasteiger partial charge on any atom is 0.327 e. The Balaban J connectivity index is 2.05. The van der Waals surface area contributed by atoms with Gasteiger partial charge in [-0.05, 0) is 12.1 Å². The molecule has 2 heterocycles. The minimum absolute atomic E-state index is 0.534. The van der Waals surface area contributed by atoms with Gasteiger partial charge in [0.15, 0.2) is 6.04 Å². The first-order valence-electron chi connectivity index (χ1n) is 6.91. The van der Waals surface area contributed by atoms with Gasteiger partial charge in [0.2, 0.25) is 0 Å². The van der Waals surface area contributed by atoms with Crippen molar-refractivity contribution in [2.75, 3.05) is 20.8 Å². The number of carboxylic acids is 1. The van der Waals surface area contributed by atoms with Gasteiger partial charge in [-0.2, -0.15) is 0 Å². The van der Waals surface area contributed by atoms with E-state index in [0.29, 0.717) is 36.0 Å². The molecule has 1 aliphatic heterocycles. The number of hydrogen-bond acceptors (Lipinski definition) is 5. The summed E-state index contributed by atoms with van der Waals surface area (Å²) in [6, 6.07) is 4.64. The van der Waals surface area contributed by atoms with Gasteiger partial charge in [0.1, 0.15) is 17.3 Å². The first kappa shape index (κ1) is 14.4. The van der Waals surface area contributed by atoms with E-state index in [9.17, 15) is 9.90 Å². The van der Waals surface area contributed by atoms with E-state index >= 15 is 0 Å². The Morgan fingerprint density at radius 2 is 2.18 bits per heavy atom. The van der Waals surface area contributed by atoms with Gasteiger partial charge in [0, 0.05) is 24.7 Å². The molecule has 0 saturated carbocycles. The molecule has 3 rings (SSSR count). The zero-order valence-electron chi connectivity index (χ0n) is 12.3. The van der Waals surface area contributed by atoms with Crippen molar-refractivity contribution in [2.45, 2.75) is 12.5 Å². The fourth-order valence-corrected chi connectivity index (χ4v) is 2.62. The zero-order chi connectivity index (χ0) is 15.7. The van der Waals surface area contributed by atoms with Gasteiger partial charge >= 0.3 is 5.97 Å². The van der Waals surface area contributed by atoms with Gasteiger partial charge in [-0.1, -0.05) is 0 Å². The number of ether oxygens (including phenoxy) is 2.